The van der Waals surface area contributed by atoms with Gasteiger partial charge in [0.25, 0.3) is 0 Å². The molecule has 0 bridgehead atoms. The molecule has 1 heterocycles. The van der Waals surface area contributed by atoms with Gasteiger partial charge in [-0.25, -0.2) is 25.3 Å². The first kappa shape index (κ1) is 56.6. The molecule has 0 radical (unpaired) electrons. The van der Waals surface area contributed by atoms with Crippen LogP contribution >= 0.6 is 0 Å². The van der Waals surface area contributed by atoms with Crippen LogP contribution in [0.4, 0.5) is 0 Å². The summed E-state index contributed by atoms with van der Waals surface area (Å²) in [5.41, 5.74) is 0.476. The van der Waals surface area contributed by atoms with Crippen LogP contribution in [0.1, 0.15) is 86.5 Å². The zero-order valence-corrected chi connectivity index (χ0v) is 44.0. The molecule has 59 heavy (non-hydrogen) atoms. The van der Waals surface area contributed by atoms with Gasteiger partial charge in [0.05, 0.1) is 28.1 Å². The molecule has 3 N–H and O–H groups in total. The van der Waals surface area contributed by atoms with E-state index in [1.54, 1.807) is 6.92 Å². The molecule has 0 spiro atoms. The SMILES string of the molecule is C[C@@H]1[C@@H](O)[C@@H](O)O[C@H](O[C@H]2C[C@@H]3C(=CC[C@]4(C)[C@@H]([C@H](C)/C=C/[C@@H](C)[C@@H](C)C(=O)NCCS(=O)(=O)[O-])CC[C@@H]34)[C@@]3(C)CC[C@H](OS(=O)(=O)[O-])C[C@H]23)[C@H]1OS(=O)(=O)[O-].[Na+].[Na+].[Na+]. The maximum absolute atomic E-state index is 12.6. The molecule has 3 saturated carbocycles. The summed E-state index contributed by atoms with van der Waals surface area (Å²) in [4.78, 5) is 12.6. The van der Waals surface area contributed by atoms with Crippen LogP contribution in [0.2, 0.25) is 0 Å². The Labute approximate surface area is 415 Å². The molecule has 1 amide bonds. The Hall–Kier alpha value is 1.44. The Bertz CT molecular complexity index is 1860. The smallest absolute Gasteiger partial charge is 0.748 e. The van der Waals surface area contributed by atoms with E-state index in [0.29, 0.717) is 12.8 Å². The van der Waals surface area contributed by atoms with Crippen LogP contribution in [0, 0.1) is 58.2 Å². The first-order valence-corrected chi connectivity index (χ1v) is 23.5. The summed E-state index contributed by atoms with van der Waals surface area (Å²) in [6.45, 7) is 11.3. The topological polar surface area (TPSA) is 278 Å². The first-order valence-electron chi connectivity index (χ1n) is 19.3. The van der Waals surface area contributed by atoms with E-state index >= 15 is 0 Å². The van der Waals surface area contributed by atoms with E-state index in [1.165, 1.54) is 12.5 Å². The van der Waals surface area contributed by atoms with E-state index in [1.807, 2.05) is 13.0 Å². The number of aliphatic hydroxyl groups excluding tert-OH is 2. The molecule has 4 fully saturated rings. The van der Waals surface area contributed by atoms with E-state index in [4.69, 9.17) is 17.8 Å². The predicted molar refractivity (Wildman–Crippen MR) is 195 cm³/mol. The Balaban J connectivity index is 0.00000400. The summed E-state index contributed by atoms with van der Waals surface area (Å²) in [5, 5.41) is 23.5. The number of allylic oxidation sites excluding steroid dienone is 4. The second-order valence-corrected chi connectivity index (χ2v) is 20.8. The van der Waals surface area contributed by atoms with Gasteiger partial charge in [-0.2, -0.15) is 0 Å². The minimum atomic E-state index is -5.31. The monoisotopic (exact) mass is 923 g/mol. The maximum atomic E-state index is 12.6. The van der Waals surface area contributed by atoms with Gasteiger partial charge in [-0.15, -0.1) is 0 Å². The first-order chi connectivity index (χ1) is 25.7. The van der Waals surface area contributed by atoms with Crippen molar-refractivity contribution < 1.29 is 160 Å². The van der Waals surface area contributed by atoms with Crippen molar-refractivity contribution in [2.75, 3.05) is 12.3 Å². The summed E-state index contributed by atoms with van der Waals surface area (Å²) in [6.07, 6.45) is 1.94. The van der Waals surface area contributed by atoms with Crippen molar-refractivity contribution in [3.05, 3.63) is 23.8 Å². The third-order valence-corrected chi connectivity index (χ3v) is 15.6. The van der Waals surface area contributed by atoms with Crippen LogP contribution in [-0.2, 0) is 53.6 Å². The summed E-state index contributed by atoms with van der Waals surface area (Å²) in [7, 11) is -14.8. The third kappa shape index (κ3) is 13.5. The minimum absolute atomic E-state index is 0. The Morgan fingerprint density at radius 1 is 0.949 bits per heavy atom. The van der Waals surface area contributed by atoms with E-state index in [0.717, 1.165) is 19.3 Å². The van der Waals surface area contributed by atoms with Gasteiger partial charge in [0, 0.05) is 18.4 Å². The zero-order chi connectivity index (χ0) is 41.8. The number of carbonyl (C=O) groups is 1. The molecule has 322 valence electrons. The number of aliphatic hydroxyl groups is 2. The molecule has 0 aromatic rings. The van der Waals surface area contributed by atoms with Crippen LogP contribution in [0.3, 0.4) is 0 Å². The van der Waals surface area contributed by atoms with Crippen LogP contribution < -0.4 is 94.0 Å². The minimum Gasteiger partial charge on any atom is -0.748 e. The molecule has 1 saturated heterocycles. The molecule has 0 aromatic heterocycles. The number of nitrogens with one attached hydrogen (secondary N) is 1. The van der Waals surface area contributed by atoms with Crippen molar-refractivity contribution in [2.24, 2.45) is 58.2 Å². The third-order valence-electron chi connectivity index (χ3n) is 13.9. The average Bonchev–Trinajstić information content (AvgIpc) is 3.43. The summed E-state index contributed by atoms with van der Waals surface area (Å²) in [6, 6.07) is 0. The van der Waals surface area contributed by atoms with Crippen LogP contribution in [-0.4, -0.2) is 104 Å². The van der Waals surface area contributed by atoms with E-state index < -0.39 is 96.8 Å². The Kier molecular flexibility index (Phi) is 20.9. The van der Waals surface area contributed by atoms with Gasteiger partial charge in [0.15, 0.2) is 12.6 Å². The number of carbonyl (C=O) groups excluding carboxylic acids is 1. The number of hydrogen-bond donors (Lipinski definition) is 3. The van der Waals surface area contributed by atoms with Crippen LogP contribution in [0.15, 0.2) is 23.8 Å². The zero-order valence-electron chi connectivity index (χ0n) is 35.5. The fourth-order valence-electron chi connectivity index (χ4n) is 10.7. The number of ether oxygens (including phenoxy) is 2. The van der Waals surface area contributed by atoms with Crippen molar-refractivity contribution in [3.63, 3.8) is 0 Å². The van der Waals surface area contributed by atoms with Crippen LogP contribution in [0.5, 0.6) is 0 Å². The second-order valence-electron chi connectivity index (χ2n) is 17.3. The quantitative estimate of drug-likeness (QED) is 0.0632. The number of amides is 1. The summed E-state index contributed by atoms with van der Waals surface area (Å²) in [5.74, 6) is -2.72. The molecule has 16 atom stereocenters. The Morgan fingerprint density at radius 3 is 2.17 bits per heavy atom. The molecular formula is C36H56NNa3O16S3. The summed E-state index contributed by atoms with van der Waals surface area (Å²) >= 11 is 0. The van der Waals surface area contributed by atoms with Crippen molar-refractivity contribution >= 4 is 36.8 Å². The van der Waals surface area contributed by atoms with Crippen molar-refractivity contribution in [1.29, 1.82) is 0 Å². The second kappa shape index (κ2) is 21.8. The molecule has 5 aliphatic rings. The number of fused-ring (bicyclic) bond motifs is 5. The Morgan fingerprint density at radius 2 is 1.58 bits per heavy atom. The molecule has 0 aromatic carbocycles. The van der Waals surface area contributed by atoms with E-state index in [2.05, 4.69) is 38.2 Å². The molecule has 1 aliphatic heterocycles. The van der Waals surface area contributed by atoms with Gasteiger partial charge >= 0.3 is 88.7 Å². The fourth-order valence-corrected chi connectivity index (χ4v) is 12.1. The van der Waals surface area contributed by atoms with Gasteiger partial charge < -0.3 is 38.7 Å². The van der Waals surface area contributed by atoms with Crippen molar-refractivity contribution in [2.45, 2.75) is 123 Å². The molecule has 4 aliphatic carbocycles. The molecule has 17 nitrogen and oxygen atoms in total. The van der Waals surface area contributed by atoms with Crippen molar-refractivity contribution in [1.82, 2.24) is 5.32 Å². The molecular weight excluding hydrogens is 868 g/mol. The fraction of sp³-hybridized carbons (Fsp3) is 0.861. The van der Waals surface area contributed by atoms with Gasteiger partial charge in [-0.05, 0) is 91.3 Å². The van der Waals surface area contributed by atoms with Gasteiger partial charge in [-0.1, -0.05) is 65.3 Å². The number of rotatable bonds is 14. The van der Waals surface area contributed by atoms with E-state index in [9.17, 15) is 53.9 Å². The maximum Gasteiger partial charge on any atom is 1.00 e. The van der Waals surface area contributed by atoms with E-state index in [-0.39, 0.29) is 149 Å². The molecule has 0 unspecified atom stereocenters. The van der Waals surface area contributed by atoms with Gasteiger partial charge in [0.1, 0.15) is 12.2 Å². The normalized spacial score (nSPS) is 38.8. The van der Waals surface area contributed by atoms with Crippen molar-refractivity contribution in [3.8, 4) is 0 Å². The summed E-state index contributed by atoms with van der Waals surface area (Å²) < 4.78 is 125. The van der Waals surface area contributed by atoms with Gasteiger partial charge in [-0.3, -0.25) is 13.2 Å². The number of hydrogen-bond acceptors (Lipinski definition) is 16. The average molecular weight is 924 g/mol. The molecule has 23 heteroatoms. The van der Waals surface area contributed by atoms with Gasteiger partial charge in [0.2, 0.25) is 26.7 Å². The predicted octanol–water partition coefficient (Wildman–Crippen LogP) is -6.94. The standard InChI is InChI=1S/C36H59NO16S3.3Na/c1-19(21(3)32(39)37-15-16-54(41,42)43)7-8-20(2)25-9-10-26-24-18-29(50-34-31(53-56(47,48)49)22(4)30(38)33(40)51-34)28-17-23(52-55(44,45)46)11-13-36(28,6)27(24)12-14-35(25,26)5;;;/h7-8,12,19-26,28-31,33-34,38,40H,9-11,13-18H2,1-6H3,(H,37,39)(H,41,42,43)(H,44,45,46)(H,47,48,49);;;/q;3*+1/p-3/b8-7+;;;/t19-,20-,21-,22-,23+,24+,25-,26+,28-,29+,30-,31+,33+,34+,35-,36-;;;/m1.../s1. The largest absolute Gasteiger partial charge is 1.00 e. The van der Waals surface area contributed by atoms with Crippen LogP contribution in [0.25, 0.3) is 0 Å². The molecule has 5 rings (SSSR count).